The van der Waals surface area contributed by atoms with Crippen molar-refractivity contribution in [1.29, 1.82) is 0 Å². The summed E-state index contributed by atoms with van der Waals surface area (Å²) in [4.78, 5) is 55.8. The summed E-state index contributed by atoms with van der Waals surface area (Å²) >= 11 is 0. The van der Waals surface area contributed by atoms with Crippen LogP contribution in [0.3, 0.4) is 0 Å². The quantitative estimate of drug-likeness (QED) is 0.367. The summed E-state index contributed by atoms with van der Waals surface area (Å²) in [5.74, 6) is -2.12. The number of benzene rings is 2. The second-order valence-electron chi connectivity index (χ2n) is 12.9. The standard InChI is InChI=1S/C33H35FN4O6/c1-32(2,3)43-29(40)23-14-26(15-23)37(17-20-5-8-25(34)9-6-20)28(39)19-38-30(41)33(44-31(38)42)12-11-22-13-21(7-10-27(22)33)24-16-35-36(4)18-24/h5-10,13,16,18,23,26H,11-12,14-15,17,19H2,1-4H3. The van der Waals surface area contributed by atoms with Crippen molar-refractivity contribution in [3.63, 3.8) is 0 Å². The number of rotatable bonds is 7. The second-order valence-corrected chi connectivity index (χ2v) is 12.9. The average Bonchev–Trinajstić information content (AvgIpc) is 3.59. The molecule has 6 rings (SSSR count). The van der Waals surface area contributed by atoms with Crippen molar-refractivity contribution in [2.45, 2.75) is 70.2 Å². The molecular weight excluding hydrogens is 567 g/mol. The summed E-state index contributed by atoms with van der Waals surface area (Å²) in [6, 6.07) is 11.1. The highest BCUT2D eigenvalue weighted by atomic mass is 19.1. The highest BCUT2D eigenvalue weighted by molar-refractivity contribution is 6.06. The molecule has 0 bridgehead atoms. The first-order valence-electron chi connectivity index (χ1n) is 14.8. The third-order valence-corrected chi connectivity index (χ3v) is 8.57. The maximum Gasteiger partial charge on any atom is 0.418 e. The Morgan fingerprint density at radius 2 is 1.84 bits per heavy atom. The van der Waals surface area contributed by atoms with Gasteiger partial charge in [0.15, 0.2) is 0 Å². The van der Waals surface area contributed by atoms with Crippen LogP contribution in [0.1, 0.15) is 56.7 Å². The van der Waals surface area contributed by atoms with E-state index in [1.165, 1.54) is 12.1 Å². The van der Waals surface area contributed by atoms with E-state index in [1.54, 1.807) is 48.7 Å². The molecule has 1 spiro atoms. The van der Waals surface area contributed by atoms with Crippen molar-refractivity contribution in [2.24, 2.45) is 13.0 Å². The lowest BCUT2D eigenvalue weighted by atomic mass is 9.79. The fourth-order valence-electron chi connectivity index (χ4n) is 6.26. The molecule has 11 heteroatoms. The molecule has 44 heavy (non-hydrogen) atoms. The van der Waals surface area contributed by atoms with E-state index >= 15 is 0 Å². The van der Waals surface area contributed by atoms with Gasteiger partial charge in [-0.1, -0.05) is 30.3 Å². The van der Waals surface area contributed by atoms with Crippen LogP contribution < -0.4 is 0 Å². The van der Waals surface area contributed by atoms with Crippen molar-refractivity contribution in [3.8, 4) is 11.1 Å². The van der Waals surface area contributed by atoms with E-state index in [9.17, 15) is 23.6 Å². The lowest BCUT2D eigenvalue weighted by molar-refractivity contribution is -0.167. The number of hydrogen-bond acceptors (Lipinski definition) is 7. The van der Waals surface area contributed by atoms with Crippen LogP contribution in [0.5, 0.6) is 0 Å². The van der Waals surface area contributed by atoms with Crippen LogP contribution in [-0.2, 0) is 49.5 Å². The number of fused-ring (bicyclic) bond motifs is 2. The van der Waals surface area contributed by atoms with Crippen LogP contribution in [0.15, 0.2) is 54.9 Å². The van der Waals surface area contributed by atoms with E-state index in [0.717, 1.165) is 21.6 Å². The molecule has 1 saturated heterocycles. The molecule has 1 unspecified atom stereocenters. The molecule has 1 saturated carbocycles. The smallest absolute Gasteiger partial charge is 0.418 e. The third-order valence-electron chi connectivity index (χ3n) is 8.57. The van der Waals surface area contributed by atoms with Gasteiger partial charge in [0.25, 0.3) is 5.91 Å². The van der Waals surface area contributed by atoms with E-state index in [-0.39, 0.29) is 30.9 Å². The van der Waals surface area contributed by atoms with Crippen LogP contribution in [0.25, 0.3) is 11.1 Å². The molecule has 230 valence electrons. The van der Waals surface area contributed by atoms with Crippen LogP contribution in [0.4, 0.5) is 9.18 Å². The van der Waals surface area contributed by atoms with Gasteiger partial charge in [0, 0.05) is 43.4 Å². The third kappa shape index (κ3) is 5.46. The summed E-state index contributed by atoms with van der Waals surface area (Å²) in [5, 5.41) is 4.22. The number of aryl methyl sites for hydroxylation is 2. The zero-order valence-electron chi connectivity index (χ0n) is 25.2. The Balaban J connectivity index is 1.19. The fraction of sp³-hybridized carbons (Fsp3) is 0.424. The molecule has 0 N–H and O–H groups in total. The number of ether oxygens (including phenoxy) is 2. The lowest BCUT2D eigenvalue weighted by Crippen LogP contribution is -2.53. The molecule has 0 radical (unpaired) electrons. The Morgan fingerprint density at radius 1 is 1.11 bits per heavy atom. The van der Waals surface area contributed by atoms with Gasteiger partial charge in [0.1, 0.15) is 18.0 Å². The minimum Gasteiger partial charge on any atom is -0.460 e. The molecule has 2 heterocycles. The summed E-state index contributed by atoms with van der Waals surface area (Å²) in [6.07, 6.45) is 4.39. The molecule has 2 aliphatic carbocycles. The first kappa shape index (κ1) is 29.5. The van der Waals surface area contributed by atoms with Crippen molar-refractivity contribution in [1.82, 2.24) is 19.6 Å². The van der Waals surface area contributed by atoms with Crippen molar-refractivity contribution in [3.05, 3.63) is 77.4 Å². The molecule has 2 aromatic carbocycles. The Bertz CT molecular complexity index is 1640. The molecule has 3 aromatic rings. The lowest BCUT2D eigenvalue weighted by Gasteiger charge is -2.42. The number of carbonyl (C=O) groups is 4. The molecule has 2 fully saturated rings. The van der Waals surface area contributed by atoms with Gasteiger partial charge in [-0.25, -0.2) is 14.1 Å². The number of nitrogens with zero attached hydrogens (tertiary/aromatic N) is 4. The first-order valence-corrected chi connectivity index (χ1v) is 14.8. The number of amides is 3. The number of esters is 1. The highest BCUT2D eigenvalue weighted by Crippen LogP contribution is 2.46. The second kappa shape index (κ2) is 10.9. The van der Waals surface area contributed by atoms with Crippen LogP contribution in [-0.4, -0.2) is 61.6 Å². The van der Waals surface area contributed by atoms with Gasteiger partial charge in [-0.2, -0.15) is 5.10 Å². The molecule has 3 amide bonds. The molecular formula is C33H35FN4O6. The van der Waals surface area contributed by atoms with Crippen molar-refractivity contribution in [2.75, 3.05) is 6.54 Å². The summed E-state index contributed by atoms with van der Waals surface area (Å²) in [6.45, 7) is 5.02. The summed E-state index contributed by atoms with van der Waals surface area (Å²) < 4.78 is 26.6. The monoisotopic (exact) mass is 602 g/mol. The SMILES string of the molecule is Cn1cc(-c2ccc3c(c2)CCC32OC(=O)N(CC(=O)N(Cc3ccc(F)cc3)C3CC(C(=O)OC(C)(C)C)C3)C2=O)cn1. The zero-order chi connectivity index (χ0) is 31.4. The molecule has 1 aliphatic heterocycles. The van der Waals surface area contributed by atoms with Gasteiger partial charge < -0.3 is 14.4 Å². The maximum atomic E-state index is 13.8. The summed E-state index contributed by atoms with van der Waals surface area (Å²) in [7, 11) is 1.84. The Labute approximate surface area is 254 Å². The molecule has 1 atom stereocenters. The number of carbonyl (C=O) groups excluding carboxylic acids is 4. The minimum atomic E-state index is -1.47. The van der Waals surface area contributed by atoms with Crippen LogP contribution >= 0.6 is 0 Å². The van der Waals surface area contributed by atoms with E-state index in [0.29, 0.717) is 30.4 Å². The molecule has 3 aliphatic rings. The Kier molecular flexibility index (Phi) is 7.30. The zero-order valence-corrected chi connectivity index (χ0v) is 25.2. The van der Waals surface area contributed by atoms with Gasteiger partial charge in [0.05, 0.1) is 12.1 Å². The molecule has 1 aromatic heterocycles. The number of halogens is 1. The van der Waals surface area contributed by atoms with Gasteiger partial charge in [-0.3, -0.25) is 19.1 Å². The van der Waals surface area contributed by atoms with Gasteiger partial charge in [0.2, 0.25) is 11.5 Å². The highest BCUT2D eigenvalue weighted by Gasteiger charge is 2.58. The predicted molar refractivity (Wildman–Crippen MR) is 156 cm³/mol. The van der Waals surface area contributed by atoms with Crippen LogP contribution in [0, 0.1) is 11.7 Å². The van der Waals surface area contributed by atoms with Crippen LogP contribution in [0.2, 0.25) is 0 Å². The van der Waals surface area contributed by atoms with E-state index in [4.69, 9.17) is 9.47 Å². The minimum absolute atomic E-state index is 0.132. The molecule has 10 nitrogen and oxygen atoms in total. The van der Waals surface area contributed by atoms with Gasteiger partial charge >= 0.3 is 12.1 Å². The van der Waals surface area contributed by atoms with Crippen molar-refractivity contribution >= 4 is 23.9 Å². The summed E-state index contributed by atoms with van der Waals surface area (Å²) in [5.41, 5.74) is 1.99. The Morgan fingerprint density at radius 3 is 2.50 bits per heavy atom. The van der Waals surface area contributed by atoms with Gasteiger partial charge in [-0.15, -0.1) is 0 Å². The van der Waals surface area contributed by atoms with E-state index in [1.807, 2.05) is 31.4 Å². The predicted octanol–water partition coefficient (Wildman–Crippen LogP) is 4.50. The number of aromatic nitrogens is 2. The van der Waals surface area contributed by atoms with Crippen molar-refractivity contribution < 1.29 is 33.0 Å². The average molecular weight is 603 g/mol. The Hall–Kier alpha value is -4.54. The fourth-order valence-corrected chi connectivity index (χ4v) is 6.26. The number of hydrogen-bond donors (Lipinski definition) is 0. The topological polar surface area (TPSA) is 111 Å². The number of imide groups is 1. The van der Waals surface area contributed by atoms with Gasteiger partial charge in [-0.05, 0) is 68.9 Å². The van der Waals surface area contributed by atoms with E-state index in [2.05, 4.69) is 5.10 Å². The maximum absolute atomic E-state index is 13.8. The first-order chi connectivity index (χ1) is 20.8. The van der Waals surface area contributed by atoms with E-state index < -0.39 is 41.5 Å². The largest absolute Gasteiger partial charge is 0.460 e. The normalized spacial score (nSPS) is 22.5.